The standard InChI is InChI=1S/C22H13BF3N5/c23-12-9-10-15-18(11-12)30-31-21(15)29-20-14-6-2-4-8-17(14)27-19(28-20)13-5-1-3-7-16(13)22(24,25)26/h1-11H,(H2,27,28,29,30,31). The number of hydrogen-bond donors (Lipinski definition) is 2. The van der Waals surface area contributed by atoms with Crippen molar-refractivity contribution in [2.45, 2.75) is 6.18 Å². The third kappa shape index (κ3) is 3.48. The average Bonchev–Trinajstić information content (AvgIpc) is 3.14. The summed E-state index contributed by atoms with van der Waals surface area (Å²) in [6.45, 7) is 0. The first-order chi connectivity index (χ1) is 14.9. The van der Waals surface area contributed by atoms with E-state index in [0.29, 0.717) is 28.0 Å². The van der Waals surface area contributed by atoms with Gasteiger partial charge < -0.3 is 5.32 Å². The first-order valence-corrected chi connectivity index (χ1v) is 9.34. The van der Waals surface area contributed by atoms with Gasteiger partial charge in [0.15, 0.2) is 11.6 Å². The maximum Gasteiger partial charge on any atom is 0.417 e. The fourth-order valence-electron chi connectivity index (χ4n) is 3.46. The molecule has 0 unspecified atom stereocenters. The number of halogens is 3. The van der Waals surface area contributed by atoms with Crippen molar-refractivity contribution in [1.29, 1.82) is 0 Å². The second kappa shape index (κ2) is 7.12. The van der Waals surface area contributed by atoms with Gasteiger partial charge in [0.25, 0.3) is 0 Å². The second-order valence-electron chi connectivity index (χ2n) is 6.96. The second-order valence-corrected chi connectivity index (χ2v) is 6.96. The van der Waals surface area contributed by atoms with Crippen molar-refractivity contribution in [3.63, 3.8) is 0 Å². The number of para-hydroxylation sites is 1. The van der Waals surface area contributed by atoms with Crippen molar-refractivity contribution < 1.29 is 13.2 Å². The van der Waals surface area contributed by atoms with Gasteiger partial charge in [0.2, 0.25) is 0 Å². The van der Waals surface area contributed by atoms with E-state index in [1.54, 1.807) is 36.4 Å². The van der Waals surface area contributed by atoms with Crippen LogP contribution in [0.25, 0.3) is 33.2 Å². The summed E-state index contributed by atoms with van der Waals surface area (Å²) in [6, 6.07) is 17.7. The van der Waals surface area contributed by atoms with Gasteiger partial charge >= 0.3 is 6.18 Å². The Morgan fingerprint density at radius 2 is 1.61 bits per heavy atom. The van der Waals surface area contributed by atoms with Gasteiger partial charge in [-0.1, -0.05) is 41.9 Å². The SMILES string of the molecule is [B]c1ccc2c(Nc3nc(-c4ccccc4C(F)(F)F)nc4ccccc34)n[nH]c2c1. The zero-order valence-electron chi connectivity index (χ0n) is 15.9. The number of benzene rings is 3. The molecule has 5 nitrogen and oxygen atoms in total. The molecule has 31 heavy (non-hydrogen) atoms. The number of rotatable bonds is 3. The number of hydrogen-bond acceptors (Lipinski definition) is 4. The average molecular weight is 415 g/mol. The van der Waals surface area contributed by atoms with Gasteiger partial charge in [-0.05, 0) is 30.3 Å². The first kappa shape index (κ1) is 19.1. The van der Waals surface area contributed by atoms with Gasteiger partial charge in [-0.25, -0.2) is 9.97 Å². The molecular formula is C22H13BF3N5. The van der Waals surface area contributed by atoms with E-state index < -0.39 is 11.7 Å². The molecule has 0 aliphatic rings. The van der Waals surface area contributed by atoms with Crippen LogP contribution < -0.4 is 10.8 Å². The van der Waals surface area contributed by atoms with Crippen LogP contribution in [0.15, 0.2) is 66.7 Å². The van der Waals surface area contributed by atoms with Crippen molar-refractivity contribution in [2.24, 2.45) is 0 Å². The molecule has 0 bridgehead atoms. The molecule has 0 aliphatic carbocycles. The highest BCUT2D eigenvalue weighted by atomic mass is 19.4. The lowest BCUT2D eigenvalue weighted by Crippen LogP contribution is -2.08. The summed E-state index contributed by atoms with van der Waals surface area (Å²) in [7, 11) is 5.81. The van der Waals surface area contributed by atoms with E-state index in [-0.39, 0.29) is 11.4 Å². The summed E-state index contributed by atoms with van der Waals surface area (Å²) in [6.07, 6.45) is -4.53. The highest BCUT2D eigenvalue weighted by molar-refractivity contribution is 6.33. The van der Waals surface area contributed by atoms with E-state index in [2.05, 4.69) is 25.5 Å². The minimum Gasteiger partial charge on any atom is -0.322 e. The Labute approximate surface area is 175 Å². The maximum absolute atomic E-state index is 13.6. The molecule has 9 heteroatoms. The quantitative estimate of drug-likeness (QED) is 0.419. The van der Waals surface area contributed by atoms with Crippen LogP contribution in [0.2, 0.25) is 0 Å². The number of aromatic nitrogens is 4. The summed E-state index contributed by atoms with van der Waals surface area (Å²) in [4.78, 5) is 8.83. The Balaban J connectivity index is 1.69. The van der Waals surface area contributed by atoms with E-state index in [4.69, 9.17) is 7.85 Å². The summed E-state index contributed by atoms with van der Waals surface area (Å²) in [5.41, 5.74) is 0.932. The van der Waals surface area contributed by atoms with E-state index in [9.17, 15) is 13.2 Å². The minimum absolute atomic E-state index is 0.0294. The van der Waals surface area contributed by atoms with Crippen LogP contribution in [0.3, 0.4) is 0 Å². The minimum atomic E-state index is -4.53. The van der Waals surface area contributed by atoms with Gasteiger partial charge in [0, 0.05) is 16.3 Å². The third-order valence-electron chi connectivity index (χ3n) is 4.90. The van der Waals surface area contributed by atoms with Crippen LogP contribution in [0, 0.1) is 0 Å². The maximum atomic E-state index is 13.6. The molecule has 5 rings (SSSR count). The van der Waals surface area contributed by atoms with Gasteiger partial charge in [0.05, 0.1) is 16.6 Å². The smallest absolute Gasteiger partial charge is 0.322 e. The Morgan fingerprint density at radius 1 is 0.839 bits per heavy atom. The molecule has 2 aromatic heterocycles. The summed E-state index contributed by atoms with van der Waals surface area (Å²) in [5.74, 6) is 0.801. The molecule has 150 valence electrons. The molecule has 0 atom stereocenters. The molecule has 0 aliphatic heterocycles. The number of aromatic amines is 1. The monoisotopic (exact) mass is 415 g/mol. The van der Waals surface area contributed by atoms with E-state index in [1.165, 1.54) is 18.2 Å². The predicted octanol–water partition coefficient (Wildman–Crippen LogP) is 4.73. The molecule has 2 N–H and O–H groups in total. The summed E-state index contributed by atoms with van der Waals surface area (Å²) >= 11 is 0. The van der Waals surface area contributed by atoms with E-state index >= 15 is 0 Å². The van der Waals surface area contributed by atoms with Crippen molar-refractivity contribution >= 4 is 46.8 Å². The molecule has 2 radical (unpaired) electrons. The lowest BCUT2D eigenvalue weighted by atomic mass is 9.95. The summed E-state index contributed by atoms with van der Waals surface area (Å²) < 4.78 is 40.7. The Kier molecular flexibility index (Phi) is 4.39. The molecule has 3 aromatic carbocycles. The Hall–Kier alpha value is -3.88. The normalized spacial score (nSPS) is 11.8. The number of H-pyrrole nitrogens is 1. The van der Waals surface area contributed by atoms with Crippen molar-refractivity contribution in [1.82, 2.24) is 20.2 Å². The van der Waals surface area contributed by atoms with Crippen LogP contribution >= 0.6 is 0 Å². The van der Waals surface area contributed by atoms with Crippen molar-refractivity contribution in [3.8, 4) is 11.4 Å². The Morgan fingerprint density at radius 3 is 2.45 bits per heavy atom. The molecule has 0 fully saturated rings. The summed E-state index contributed by atoms with van der Waals surface area (Å²) in [5, 5.41) is 11.7. The highest BCUT2D eigenvalue weighted by Gasteiger charge is 2.34. The lowest BCUT2D eigenvalue weighted by molar-refractivity contribution is -0.137. The number of nitrogens with one attached hydrogen (secondary N) is 2. The number of alkyl halides is 3. The fraction of sp³-hybridized carbons (Fsp3) is 0.0455. The van der Waals surface area contributed by atoms with Crippen LogP contribution in [-0.2, 0) is 6.18 Å². The zero-order valence-corrected chi connectivity index (χ0v) is 15.9. The number of fused-ring (bicyclic) bond motifs is 2. The molecule has 2 heterocycles. The fourth-order valence-corrected chi connectivity index (χ4v) is 3.46. The van der Waals surface area contributed by atoms with Crippen LogP contribution in [0.4, 0.5) is 24.8 Å². The number of anilines is 2. The van der Waals surface area contributed by atoms with Gasteiger partial charge in [-0.3, -0.25) is 5.10 Å². The van der Waals surface area contributed by atoms with Crippen LogP contribution in [-0.4, -0.2) is 28.0 Å². The third-order valence-corrected chi connectivity index (χ3v) is 4.90. The van der Waals surface area contributed by atoms with Crippen LogP contribution in [0.1, 0.15) is 5.56 Å². The zero-order chi connectivity index (χ0) is 21.6. The topological polar surface area (TPSA) is 66.5 Å². The molecule has 0 amide bonds. The highest BCUT2D eigenvalue weighted by Crippen LogP contribution is 2.37. The van der Waals surface area contributed by atoms with Crippen molar-refractivity contribution in [3.05, 3.63) is 72.3 Å². The first-order valence-electron chi connectivity index (χ1n) is 9.34. The Bertz CT molecular complexity index is 1430. The molecule has 0 spiro atoms. The largest absolute Gasteiger partial charge is 0.417 e. The molecule has 0 saturated heterocycles. The number of nitrogens with zero attached hydrogens (tertiary/aromatic N) is 3. The van der Waals surface area contributed by atoms with Crippen molar-refractivity contribution in [2.75, 3.05) is 5.32 Å². The predicted molar refractivity (Wildman–Crippen MR) is 115 cm³/mol. The lowest BCUT2D eigenvalue weighted by Gasteiger charge is -2.14. The molecule has 5 aromatic rings. The van der Waals surface area contributed by atoms with Crippen LogP contribution in [0.5, 0.6) is 0 Å². The van der Waals surface area contributed by atoms with E-state index in [1.807, 2.05) is 6.07 Å². The molecular weight excluding hydrogens is 402 g/mol. The van der Waals surface area contributed by atoms with Gasteiger partial charge in [-0.2, -0.15) is 18.3 Å². The van der Waals surface area contributed by atoms with Gasteiger partial charge in [0.1, 0.15) is 13.7 Å². The van der Waals surface area contributed by atoms with E-state index in [0.717, 1.165) is 17.0 Å². The molecule has 0 saturated carbocycles. The van der Waals surface area contributed by atoms with Gasteiger partial charge in [-0.15, -0.1) is 0 Å².